The summed E-state index contributed by atoms with van der Waals surface area (Å²) in [5, 5.41) is 2.68. The van der Waals surface area contributed by atoms with Crippen molar-refractivity contribution >= 4 is 22.0 Å². The summed E-state index contributed by atoms with van der Waals surface area (Å²) >= 11 is 3.18. The number of carbonyl (C=O) groups is 1. The fourth-order valence-electron chi connectivity index (χ4n) is 1.75. The highest BCUT2D eigenvalue weighted by Crippen LogP contribution is 2.21. The lowest BCUT2D eigenvalue weighted by atomic mass is 10.0. The van der Waals surface area contributed by atoms with Crippen LogP contribution in [0.4, 0.5) is 9.18 Å². The van der Waals surface area contributed by atoms with Crippen molar-refractivity contribution in [2.75, 3.05) is 13.7 Å². The molecule has 0 unspecified atom stereocenters. The molecule has 1 aromatic rings. The van der Waals surface area contributed by atoms with Crippen LogP contribution in [0.3, 0.4) is 0 Å². The summed E-state index contributed by atoms with van der Waals surface area (Å²) < 4.78 is 24.3. The molecule has 0 aliphatic heterocycles. The zero-order chi connectivity index (χ0) is 15.1. The minimum absolute atomic E-state index is 0.161. The predicted octanol–water partition coefficient (Wildman–Crippen LogP) is 3.74. The van der Waals surface area contributed by atoms with Crippen molar-refractivity contribution in [2.45, 2.75) is 26.3 Å². The molecule has 0 saturated carbocycles. The van der Waals surface area contributed by atoms with Gasteiger partial charge < -0.3 is 14.8 Å². The zero-order valence-electron chi connectivity index (χ0n) is 11.8. The molecule has 0 spiro atoms. The van der Waals surface area contributed by atoms with Gasteiger partial charge in [-0.15, -0.1) is 0 Å². The standard InChI is InChI=1S/C14H19BrFNO3/c1-9(2)6-11(17-14(18)19-3)8-20-13-5-4-10(15)7-12(13)16/h4-5,7,9,11H,6,8H2,1-3H3,(H,17,18)/t11-/m0/s1. The molecule has 0 aliphatic carbocycles. The van der Waals surface area contributed by atoms with Crippen molar-refractivity contribution < 1.29 is 18.7 Å². The van der Waals surface area contributed by atoms with E-state index in [1.807, 2.05) is 13.8 Å². The van der Waals surface area contributed by atoms with Gasteiger partial charge >= 0.3 is 6.09 Å². The third kappa shape index (κ3) is 5.77. The minimum Gasteiger partial charge on any atom is -0.488 e. The number of nitrogens with one attached hydrogen (secondary N) is 1. The van der Waals surface area contributed by atoms with Gasteiger partial charge in [0.1, 0.15) is 6.61 Å². The van der Waals surface area contributed by atoms with Crippen LogP contribution >= 0.6 is 15.9 Å². The van der Waals surface area contributed by atoms with E-state index in [2.05, 4.69) is 26.0 Å². The van der Waals surface area contributed by atoms with E-state index in [0.29, 0.717) is 16.8 Å². The summed E-state index contributed by atoms with van der Waals surface area (Å²) in [4.78, 5) is 11.3. The van der Waals surface area contributed by atoms with Crippen LogP contribution in [0.25, 0.3) is 0 Å². The van der Waals surface area contributed by atoms with Gasteiger partial charge in [-0.25, -0.2) is 9.18 Å². The Hall–Kier alpha value is -1.30. The number of hydrogen-bond donors (Lipinski definition) is 1. The first-order valence-corrected chi connectivity index (χ1v) is 7.14. The van der Waals surface area contributed by atoms with E-state index in [9.17, 15) is 9.18 Å². The Morgan fingerprint density at radius 1 is 1.45 bits per heavy atom. The lowest BCUT2D eigenvalue weighted by Crippen LogP contribution is -2.40. The van der Waals surface area contributed by atoms with Gasteiger partial charge in [0.25, 0.3) is 0 Å². The molecule has 0 aliphatic rings. The van der Waals surface area contributed by atoms with Crippen LogP contribution in [-0.4, -0.2) is 25.9 Å². The van der Waals surface area contributed by atoms with Gasteiger partial charge in [0.15, 0.2) is 11.6 Å². The zero-order valence-corrected chi connectivity index (χ0v) is 13.4. The molecule has 0 bridgehead atoms. The Bertz CT molecular complexity index is 454. The summed E-state index contributed by atoms with van der Waals surface area (Å²) in [6.07, 6.45) is 0.197. The van der Waals surface area contributed by atoms with Crippen LogP contribution in [-0.2, 0) is 4.74 Å². The molecule has 112 valence electrons. The quantitative estimate of drug-likeness (QED) is 0.852. The van der Waals surface area contributed by atoms with Crippen molar-refractivity contribution in [3.8, 4) is 5.75 Å². The molecule has 0 heterocycles. The fourth-order valence-corrected chi connectivity index (χ4v) is 2.08. The molecule has 1 atom stereocenters. The van der Waals surface area contributed by atoms with E-state index in [1.54, 1.807) is 12.1 Å². The molecule has 20 heavy (non-hydrogen) atoms. The van der Waals surface area contributed by atoms with Crippen LogP contribution < -0.4 is 10.1 Å². The number of carbonyl (C=O) groups excluding carboxylic acids is 1. The molecule has 4 nitrogen and oxygen atoms in total. The summed E-state index contributed by atoms with van der Waals surface area (Å²) in [7, 11) is 1.30. The van der Waals surface area contributed by atoms with E-state index in [-0.39, 0.29) is 18.4 Å². The molecule has 1 rings (SSSR count). The number of alkyl carbamates (subject to hydrolysis) is 1. The van der Waals surface area contributed by atoms with Gasteiger partial charge in [-0.3, -0.25) is 0 Å². The summed E-state index contributed by atoms with van der Waals surface area (Å²) in [5.74, 6) is 0.0879. The Morgan fingerprint density at radius 2 is 2.15 bits per heavy atom. The fraction of sp³-hybridized carbons (Fsp3) is 0.500. The third-order valence-electron chi connectivity index (χ3n) is 2.60. The van der Waals surface area contributed by atoms with Gasteiger partial charge in [-0.2, -0.15) is 0 Å². The number of rotatable bonds is 6. The van der Waals surface area contributed by atoms with Crippen LogP contribution in [0.5, 0.6) is 5.75 Å². The molecular formula is C14H19BrFNO3. The van der Waals surface area contributed by atoms with Crippen LogP contribution in [0.15, 0.2) is 22.7 Å². The van der Waals surface area contributed by atoms with Gasteiger partial charge in [0, 0.05) is 4.47 Å². The Labute approximate surface area is 126 Å². The Kier molecular flexibility index (Phi) is 6.78. The van der Waals surface area contributed by atoms with E-state index in [1.165, 1.54) is 13.2 Å². The average molecular weight is 348 g/mol. The normalized spacial score (nSPS) is 12.1. The Balaban J connectivity index is 2.62. The topological polar surface area (TPSA) is 47.6 Å². The Morgan fingerprint density at radius 3 is 2.70 bits per heavy atom. The molecule has 0 saturated heterocycles. The van der Waals surface area contributed by atoms with Gasteiger partial charge in [0.05, 0.1) is 13.2 Å². The van der Waals surface area contributed by atoms with Crippen molar-refractivity contribution in [3.63, 3.8) is 0 Å². The molecule has 0 radical (unpaired) electrons. The van der Waals surface area contributed by atoms with Crippen molar-refractivity contribution in [1.82, 2.24) is 5.32 Å². The minimum atomic E-state index is -0.518. The number of ether oxygens (including phenoxy) is 2. The molecular weight excluding hydrogens is 329 g/mol. The number of hydrogen-bond acceptors (Lipinski definition) is 3. The maximum Gasteiger partial charge on any atom is 0.407 e. The molecule has 0 aromatic heterocycles. The lowest BCUT2D eigenvalue weighted by Gasteiger charge is -2.20. The van der Waals surface area contributed by atoms with Gasteiger partial charge in [-0.05, 0) is 30.5 Å². The summed E-state index contributed by atoms with van der Waals surface area (Å²) in [6.45, 7) is 4.25. The predicted molar refractivity (Wildman–Crippen MR) is 78.4 cm³/mol. The maximum atomic E-state index is 13.6. The van der Waals surface area contributed by atoms with Gasteiger partial charge in [0.2, 0.25) is 0 Å². The highest BCUT2D eigenvalue weighted by molar-refractivity contribution is 9.10. The second-order valence-electron chi connectivity index (χ2n) is 4.85. The monoisotopic (exact) mass is 347 g/mol. The summed E-state index contributed by atoms with van der Waals surface area (Å²) in [5.41, 5.74) is 0. The second-order valence-corrected chi connectivity index (χ2v) is 5.76. The number of benzene rings is 1. The third-order valence-corrected chi connectivity index (χ3v) is 3.09. The van der Waals surface area contributed by atoms with Gasteiger partial charge in [-0.1, -0.05) is 29.8 Å². The van der Waals surface area contributed by atoms with E-state index in [0.717, 1.165) is 0 Å². The SMILES string of the molecule is COC(=O)N[C@H](COc1ccc(Br)cc1F)CC(C)C. The van der Waals surface area contributed by atoms with Crippen LogP contribution in [0, 0.1) is 11.7 Å². The lowest BCUT2D eigenvalue weighted by molar-refractivity contribution is 0.155. The molecule has 1 aromatic carbocycles. The smallest absolute Gasteiger partial charge is 0.407 e. The second kappa shape index (κ2) is 8.09. The van der Waals surface area contributed by atoms with Crippen LogP contribution in [0.1, 0.15) is 20.3 Å². The number of methoxy groups -OCH3 is 1. The first-order chi connectivity index (χ1) is 9.42. The van der Waals surface area contributed by atoms with E-state index in [4.69, 9.17) is 4.74 Å². The van der Waals surface area contributed by atoms with Crippen molar-refractivity contribution in [2.24, 2.45) is 5.92 Å². The molecule has 1 amide bonds. The first kappa shape index (κ1) is 16.8. The summed E-state index contributed by atoms with van der Waals surface area (Å²) in [6, 6.07) is 4.35. The highest BCUT2D eigenvalue weighted by Gasteiger charge is 2.16. The largest absolute Gasteiger partial charge is 0.488 e. The maximum absolute atomic E-state index is 13.6. The first-order valence-electron chi connectivity index (χ1n) is 6.34. The van der Waals surface area contributed by atoms with E-state index >= 15 is 0 Å². The van der Waals surface area contributed by atoms with Crippen LogP contribution in [0.2, 0.25) is 0 Å². The molecule has 1 N–H and O–H groups in total. The molecule has 0 fully saturated rings. The van der Waals surface area contributed by atoms with Crippen molar-refractivity contribution in [1.29, 1.82) is 0 Å². The van der Waals surface area contributed by atoms with Crippen molar-refractivity contribution in [3.05, 3.63) is 28.5 Å². The molecule has 6 heteroatoms. The number of halogens is 2. The highest BCUT2D eigenvalue weighted by atomic mass is 79.9. The van der Waals surface area contributed by atoms with E-state index < -0.39 is 11.9 Å². The number of amides is 1. The average Bonchev–Trinajstić information content (AvgIpc) is 2.36.